The number of Topliss-reactive ketones (excluding diaryl/α,β-unsaturated/α-hetero) is 1. The van der Waals surface area contributed by atoms with Crippen molar-refractivity contribution in [2.24, 2.45) is 4.99 Å². The van der Waals surface area contributed by atoms with Gasteiger partial charge >= 0.3 is 0 Å². The largest absolute Gasteiger partial charge is 0.396 e. The maximum Gasteiger partial charge on any atom is 0.175 e. The molecule has 0 aromatic carbocycles. The first-order chi connectivity index (χ1) is 4.33. The fraction of sp³-hybridized carbons (Fsp3) is 0.667. The lowest BCUT2D eigenvalue weighted by Gasteiger charge is -1.99. The van der Waals surface area contributed by atoms with Crippen LogP contribution in [0.5, 0.6) is 0 Å². The van der Waals surface area contributed by atoms with Crippen molar-refractivity contribution in [3.8, 4) is 0 Å². The number of aliphatic imine (C=N–C) groups is 1. The monoisotopic (exact) mass is 127 g/mol. The molecule has 3 heteroatoms. The molecule has 1 atom stereocenters. The van der Waals surface area contributed by atoms with Gasteiger partial charge in [-0.1, -0.05) is 0 Å². The Morgan fingerprint density at radius 3 is 3.11 bits per heavy atom. The number of hydrogen-bond donors (Lipinski definition) is 1. The van der Waals surface area contributed by atoms with Crippen molar-refractivity contribution in [2.45, 2.75) is 18.9 Å². The molecule has 1 heterocycles. The summed E-state index contributed by atoms with van der Waals surface area (Å²) < 4.78 is 0. The summed E-state index contributed by atoms with van der Waals surface area (Å²) >= 11 is 0. The Morgan fingerprint density at radius 1 is 1.89 bits per heavy atom. The van der Waals surface area contributed by atoms with E-state index in [-0.39, 0.29) is 18.4 Å². The highest BCUT2D eigenvalue weighted by atomic mass is 16.3. The van der Waals surface area contributed by atoms with E-state index in [2.05, 4.69) is 4.99 Å². The maximum absolute atomic E-state index is 10.5. The number of hydrogen-bond acceptors (Lipinski definition) is 3. The van der Waals surface area contributed by atoms with Crippen molar-refractivity contribution < 1.29 is 9.90 Å². The highest BCUT2D eigenvalue weighted by Crippen LogP contribution is 2.07. The molecule has 0 radical (unpaired) electrons. The molecular formula is C6H9NO2. The lowest BCUT2D eigenvalue weighted by atomic mass is 10.1. The minimum absolute atomic E-state index is 0.0579. The Labute approximate surface area is 53.4 Å². The smallest absolute Gasteiger partial charge is 0.175 e. The van der Waals surface area contributed by atoms with Crippen molar-refractivity contribution >= 4 is 12.0 Å². The zero-order valence-corrected chi connectivity index (χ0v) is 5.08. The third kappa shape index (κ3) is 1.61. The van der Waals surface area contributed by atoms with E-state index in [1.54, 1.807) is 0 Å². The van der Waals surface area contributed by atoms with Crippen LogP contribution in [0, 0.1) is 0 Å². The highest BCUT2D eigenvalue weighted by molar-refractivity contribution is 6.29. The van der Waals surface area contributed by atoms with Gasteiger partial charge in [0.05, 0.1) is 12.3 Å². The van der Waals surface area contributed by atoms with Crippen molar-refractivity contribution in [1.29, 1.82) is 0 Å². The molecule has 1 unspecified atom stereocenters. The summed E-state index contributed by atoms with van der Waals surface area (Å²) in [5.74, 6) is 0.0773. The van der Waals surface area contributed by atoms with Crippen molar-refractivity contribution in [3.05, 3.63) is 0 Å². The highest BCUT2D eigenvalue weighted by Gasteiger charge is 2.15. The zero-order valence-electron chi connectivity index (χ0n) is 5.08. The lowest BCUT2D eigenvalue weighted by Crippen LogP contribution is -2.04. The molecule has 1 rings (SSSR count). The van der Waals surface area contributed by atoms with Crippen LogP contribution in [0.1, 0.15) is 12.8 Å². The van der Waals surface area contributed by atoms with Gasteiger partial charge in [0.15, 0.2) is 5.78 Å². The molecule has 0 saturated heterocycles. The fourth-order valence-corrected chi connectivity index (χ4v) is 0.852. The number of nitrogens with zero attached hydrogens (tertiary/aromatic N) is 1. The molecule has 3 nitrogen and oxygen atoms in total. The molecule has 1 aliphatic heterocycles. The minimum atomic E-state index is 0.0579. The minimum Gasteiger partial charge on any atom is -0.396 e. The molecule has 1 aliphatic rings. The fourth-order valence-electron chi connectivity index (χ4n) is 0.852. The predicted octanol–water partition coefficient (Wildman–Crippen LogP) is -0.219. The van der Waals surface area contributed by atoms with Crippen molar-refractivity contribution in [3.63, 3.8) is 0 Å². The van der Waals surface area contributed by atoms with Gasteiger partial charge in [0, 0.05) is 13.0 Å². The zero-order chi connectivity index (χ0) is 6.69. The molecule has 0 aromatic rings. The number of rotatable bonds is 2. The Morgan fingerprint density at radius 2 is 2.67 bits per heavy atom. The Bertz CT molecular complexity index is 142. The van der Waals surface area contributed by atoms with Gasteiger partial charge in [-0.05, 0) is 6.42 Å². The third-order valence-electron chi connectivity index (χ3n) is 1.33. The molecule has 0 fully saturated rings. The molecule has 0 spiro atoms. The number of carbonyl (C=O) groups excluding carboxylic acids is 1. The first kappa shape index (κ1) is 6.42. The van der Waals surface area contributed by atoms with Gasteiger partial charge in [0.25, 0.3) is 0 Å². The second-order valence-corrected chi connectivity index (χ2v) is 2.11. The number of carbonyl (C=O) groups is 1. The second-order valence-electron chi connectivity index (χ2n) is 2.11. The van der Waals surface area contributed by atoms with E-state index >= 15 is 0 Å². The second kappa shape index (κ2) is 2.73. The molecule has 50 valence electrons. The van der Waals surface area contributed by atoms with Crippen molar-refractivity contribution in [1.82, 2.24) is 0 Å². The van der Waals surface area contributed by atoms with Gasteiger partial charge in [0.1, 0.15) is 0 Å². The van der Waals surface area contributed by atoms with Gasteiger partial charge in [-0.15, -0.1) is 0 Å². The van der Waals surface area contributed by atoms with Gasteiger partial charge in [-0.3, -0.25) is 9.79 Å². The molecule has 0 aliphatic carbocycles. The van der Waals surface area contributed by atoms with Crippen LogP contribution in [0.3, 0.4) is 0 Å². The van der Waals surface area contributed by atoms with E-state index in [4.69, 9.17) is 5.11 Å². The Kier molecular flexibility index (Phi) is 1.95. The van der Waals surface area contributed by atoms with E-state index in [9.17, 15) is 4.79 Å². The molecule has 9 heavy (non-hydrogen) atoms. The molecule has 1 N–H and O–H groups in total. The van der Waals surface area contributed by atoms with Crippen LogP contribution >= 0.6 is 0 Å². The van der Waals surface area contributed by atoms with E-state index < -0.39 is 0 Å². The van der Waals surface area contributed by atoms with Crippen LogP contribution < -0.4 is 0 Å². The van der Waals surface area contributed by atoms with Crippen LogP contribution in [-0.2, 0) is 4.79 Å². The summed E-state index contributed by atoms with van der Waals surface area (Å²) in [6.45, 7) is 0.120. The predicted molar refractivity (Wildman–Crippen MR) is 33.6 cm³/mol. The van der Waals surface area contributed by atoms with Gasteiger partial charge < -0.3 is 5.11 Å². The number of ketones is 1. The lowest BCUT2D eigenvalue weighted by molar-refractivity contribution is -0.112. The third-order valence-corrected chi connectivity index (χ3v) is 1.33. The van der Waals surface area contributed by atoms with Gasteiger partial charge in [-0.2, -0.15) is 0 Å². The molecule has 0 bridgehead atoms. The van der Waals surface area contributed by atoms with E-state index in [1.165, 1.54) is 6.21 Å². The summed E-state index contributed by atoms with van der Waals surface area (Å²) in [6, 6.07) is 0.0579. The maximum atomic E-state index is 10.5. The quantitative estimate of drug-likeness (QED) is 0.557. The summed E-state index contributed by atoms with van der Waals surface area (Å²) in [4.78, 5) is 14.4. The van der Waals surface area contributed by atoms with Crippen LogP contribution in [0.4, 0.5) is 0 Å². The molecule has 0 aromatic heterocycles. The SMILES string of the molecule is O=C1C=NC(CCO)C1. The molecule has 0 saturated carbocycles. The first-order valence-electron chi connectivity index (χ1n) is 3.00. The number of aliphatic hydroxyl groups excluding tert-OH is 1. The summed E-state index contributed by atoms with van der Waals surface area (Å²) in [6.07, 6.45) is 2.45. The number of aliphatic hydroxyl groups is 1. The summed E-state index contributed by atoms with van der Waals surface area (Å²) in [7, 11) is 0. The molecular weight excluding hydrogens is 118 g/mol. The average Bonchev–Trinajstić information content (AvgIpc) is 2.17. The standard InChI is InChI=1S/C6H9NO2/c8-2-1-5-3-6(9)4-7-5/h4-5,8H,1-3H2. The first-order valence-corrected chi connectivity index (χ1v) is 3.00. The van der Waals surface area contributed by atoms with Gasteiger partial charge in [0.2, 0.25) is 0 Å². The normalized spacial score (nSPS) is 25.4. The van der Waals surface area contributed by atoms with Crippen LogP contribution in [0.15, 0.2) is 4.99 Å². The van der Waals surface area contributed by atoms with E-state index in [0.717, 1.165) is 0 Å². The topological polar surface area (TPSA) is 49.7 Å². The van der Waals surface area contributed by atoms with Crippen LogP contribution in [0.25, 0.3) is 0 Å². The van der Waals surface area contributed by atoms with Gasteiger partial charge in [-0.25, -0.2) is 0 Å². The Hall–Kier alpha value is -0.700. The summed E-state index contributed by atoms with van der Waals surface area (Å²) in [5, 5.41) is 8.43. The van der Waals surface area contributed by atoms with Crippen molar-refractivity contribution in [2.75, 3.05) is 6.61 Å². The Balaban J connectivity index is 2.32. The van der Waals surface area contributed by atoms with Crippen LogP contribution in [0.2, 0.25) is 0 Å². The molecule has 0 amide bonds. The average molecular weight is 127 g/mol. The van der Waals surface area contributed by atoms with Crippen LogP contribution in [-0.4, -0.2) is 29.8 Å². The van der Waals surface area contributed by atoms with E-state index in [1.807, 2.05) is 0 Å². The van der Waals surface area contributed by atoms with E-state index in [0.29, 0.717) is 12.8 Å². The summed E-state index contributed by atoms with van der Waals surface area (Å²) in [5.41, 5.74) is 0.